The van der Waals surface area contributed by atoms with E-state index in [2.05, 4.69) is 9.72 Å². The van der Waals surface area contributed by atoms with Crippen molar-refractivity contribution in [3.8, 4) is 11.8 Å². The van der Waals surface area contributed by atoms with E-state index in [1.54, 1.807) is 0 Å². The molecule has 1 heterocycles. The molecule has 1 aromatic heterocycles. The molecule has 0 saturated heterocycles. The largest absolute Gasteiger partial charge is 0.573 e. The number of halogens is 3. The number of aliphatic carboxylic acids is 1. The molecule has 0 saturated carbocycles. The van der Waals surface area contributed by atoms with Crippen molar-refractivity contribution in [1.82, 2.24) is 4.98 Å². The van der Waals surface area contributed by atoms with Crippen LogP contribution < -0.4 is 4.74 Å². The third-order valence-electron chi connectivity index (χ3n) is 1.63. The summed E-state index contributed by atoms with van der Waals surface area (Å²) in [4.78, 5) is 13.9. The van der Waals surface area contributed by atoms with Gasteiger partial charge in [0, 0.05) is 17.8 Å². The van der Waals surface area contributed by atoms with Gasteiger partial charge in [0.25, 0.3) is 0 Å². The molecule has 90 valence electrons. The number of nitriles is 1. The van der Waals surface area contributed by atoms with Crippen molar-refractivity contribution in [2.24, 2.45) is 0 Å². The Morgan fingerprint density at radius 2 is 2.24 bits per heavy atom. The van der Waals surface area contributed by atoms with Gasteiger partial charge in [-0.2, -0.15) is 5.26 Å². The van der Waals surface area contributed by atoms with Gasteiger partial charge in [-0.25, -0.2) is 4.98 Å². The van der Waals surface area contributed by atoms with Crippen LogP contribution in [0, 0.1) is 11.3 Å². The molecule has 0 aromatic carbocycles. The molecular formula is C9H5F3N2O3. The zero-order chi connectivity index (χ0) is 13.1. The second kappa shape index (κ2) is 4.69. The van der Waals surface area contributed by atoms with Crippen molar-refractivity contribution >= 4 is 5.97 Å². The molecule has 0 aliphatic heterocycles. The van der Waals surface area contributed by atoms with Crippen LogP contribution in [0.5, 0.6) is 5.75 Å². The number of hydrogen-bond acceptors (Lipinski definition) is 4. The van der Waals surface area contributed by atoms with Crippen LogP contribution in [-0.4, -0.2) is 22.4 Å². The normalized spacial score (nSPS) is 10.7. The number of pyridine rings is 1. The van der Waals surface area contributed by atoms with Crippen LogP contribution in [0.2, 0.25) is 0 Å². The molecule has 0 unspecified atom stereocenters. The first-order valence-corrected chi connectivity index (χ1v) is 4.18. The summed E-state index contributed by atoms with van der Waals surface area (Å²) in [5.74, 6) is -2.06. The first-order valence-electron chi connectivity index (χ1n) is 4.18. The maximum absolute atomic E-state index is 12.0. The summed E-state index contributed by atoms with van der Waals surface area (Å²) in [5, 5.41) is 17.0. The minimum Gasteiger partial charge on any atom is -0.481 e. The summed E-state index contributed by atoms with van der Waals surface area (Å²) >= 11 is 0. The fourth-order valence-corrected chi connectivity index (χ4v) is 1.04. The highest BCUT2D eigenvalue weighted by Gasteiger charge is 2.32. The van der Waals surface area contributed by atoms with E-state index in [-0.39, 0.29) is 11.3 Å². The van der Waals surface area contributed by atoms with Crippen LogP contribution in [0.15, 0.2) is 12.3 Å². The summed E-state index contributed by atoms with van der Waals surface area (Å²) < 4.78 is 39.7. The summed E-state index contributed by atoms with van der Waals surface area (Å²) in [6, 6.07) is 2.27. The molecule has 0 aliphatic carbocycles. The van der Waals surface area contributed by atoms with E-state index < -0.39 is 24.5 Å². The van der Waals surface area contributed by atoms with Gasteiger partial charge in [0.1, 0.15) is 17.5 Å². The highest BCUT2D eigenvalue weighted by Crippen LogP contribution is 2.26. The average Bonchev–Trinajstić information content (AvgIpc) is 2.17. The Kier molecular flexibility index (Phi) is 3.52. The molecule has 0 bridgehead atoms. The summed E-state index contributed by atoms with van der Waals surface area (Å²) in [5.41, 5.74) is -0.549. The Hall–Kier alpha value is -2.30. The molecular weight excluding hydrogens is 241 g/mol. The molecule has 17 heavy (non-hydrogen) atoms. The highest BCUT2D eigenvalue weighted by molar-refractivity contribution is 5.71. The van der Waals surface area contributed by atoms with Gasteiger partial charge >= 0.3 is 12.3 Å². The van der Waals surface area contributed by atoms with E-state index >= 15 is 0 Å². The Labute approximate surface area is 93.1 Å². The lowest BCUT2D eigenvalue weighted by atomic mass is 10.2. The Morgan fingerprint density at radius 3 is 2.71 bits per heavy atom. The zero-order valence-electron chi connectivity index (χ0n) is 8.15. The van der Waals surface area contributed by atoms with Crippen molar-refractivity contribution in [2.45, 2.75) is 12.8 Å². The Balaban J connectivity index is 3.12. The van der Waals surface area contributed by atoms with Gasteiger partial charge < -0.3 is 9.84 Å². The number of rotatable bonds is 3. The van der Waals surface area contributed by atoms with Crippen LogP contribution in [-0.2, 0) is 11.2 Å². The van der Waals surface area contributed by atoms with Gasteiger partial charge in [-0.15, -0.1) is 13.2 Å². The first kappa shape index (κ1) is 12.8. The number of carboxylic acid groups (broad SMARTS) is 1. The topological polar surface area (TPSA) is 83.2 Å². The number of aromatic nitrogens is 1. The SMILES string of the molecule is N#Cc1cc(OC(F)(F)F)c(CC(=O)O)cn1. The predicted molar refractivity (Wildman–Crippen MR) is 47.0 cm³/mol. The van der Waals surface area contributed by atoms with Crippen LogP contribution in [0.1, 0.15) is 11.3 Å². The quantitative estimate of drug-likeness (QED) is 0.873. The third-order valence-corrected chi connectivity index (χ3v) is 1.63. The van der Waals surface area contributed by atoms with Gasteiger partial charge in [-0.3, -0.25) is 4.79 Å². The monoisotopic (exact) mass is 246 g/mol. The molecule has 0 radical (unpaired) electrons. The second-order valence-electron chi connectivity index (χ2n) is 2.91. The zero-order valence-corrected chi connectivity index (χ0v) is 8.15. The van der Waals surface area contributed by atoms with Gasteiger partial charge in [0.05, 0.1) is 6.42 Å². The van der Waals surface area contributed by atoms with Crippen LogP contribution in [0.4, 0.5) is 13.2 Å². The fraction of sp³-hybridized carbons (Fsp3) is 0.222. The number of carboxylic acids is 1. The van der Waals surface area contributed by atoms with Crippen molar-refractivity contribution in [3.05, 3.63) is 23.5 Å². The predicted octanol–water partition coefficient (Wildman–Crippen LogP) is 1.48. The van der Waals surface area contributed by atoms with E-state index in [1.165, 1.54) is 6.07 Å². The maximum atomic E-state index is 12.0. The molecule has 0 atom stereocenters. The van der Waals surface area contributed by atoms with Crippen LogP contribution in [0.3, 0.4) is 0 Å². The fourth-order valence-electron chi connectivity index (χ4n) is 1.04. The van der Waals surface area contributed by atoms with Crippen molar-refractivity contribution < 1.29 is 27.8 Å². The molecule has 1 N–H and O–H groups in total. The molecule has 0 aliphatic rings. The maximum Gasteiger partial charge on any atom is 0.573 e. The van der Waals surface area contributed by atoms with E-state index in [4.69, 9.17) is 10.4 Å². The lowest BCUT2D eigenvalue weighted by Gasteiger charge is -2.11. The Morgan fingerprint density at radius 1 is 1.59 bits per heavy atom. The Bertz CT molecular complexity index is 479. The van der Waals surface area contributed by atoms with Crippen molar-refractivity contribution in [1.29, 1.82) is 5.26 Å². The van der Waals surface area contributed by atoms with Crippen molar-refractivity contribution in [2.75, 3.05) is 0 Å². The average molecular weight is 246 g/mol. The first-order chi connectivity index (χ1) is 7.81. The second-order valence-corrected chi connectivity index (χ2v) is 2.91. The molecule has 5 nitrogen and oxygen atoms in total. The minimum absolute atomic E-state index is 0.256. The third kappa shape index (κ3) is 3.98. The number of ether oxygens (including phenoxy) is 1. The molecule has 0 spiro atoms. The highest BCUT2D eigenvalue weighted by atomic mass is 19.4. The standard InChI is InChI=1S/C9H5F3N2O3/c10-9(11,12)17-7-2-6(3-13)14-4-5(7)1-8(15)16/h2,4H,1H2,(H,15,16). The molecule has 0 amide bonds. The van der Waals surface area contributed by atoms with Gasteiger partial charge in [0.2, 0.25) is 0 Å². The summed E-state index contributed by atoms with van der Waals surface area (Å²) in [6.07, 6.45) is -4.76. The summed E-state index contributed by atoms with van der Waals surface area (Å²) in [6.45, 7) is 0. The van der Waals surface area contributed by atoms with Crippen LogP contribution >= 0.6 is 0 Å². The summed E-state index contributed by atoms with van der Waals surface area (Å²) in [7, 11) is 0. The van der Waals surface area contributed by atoms with Crippen LogP contribution in [0.25, 0.3) is 0 Å². The molecule has 0 fully saturated rings. The molecule has 1 aromatic rings. The van der Waals surface area contributed by atoms with Crippen molar-refractivity contribution in [3.63, 3.8) is 0 Å². The van der Waals surface area contributed by atoms with Gasteiger partial charge in [-0.1, -0.05) is 0 Å². The van der Waals surface area contributed by atoms with E-state index in [1.807, 2.05) is 0 Å². The lowest BCUT2D eigenvalue weighted by Crippen LogP contribution is -2.19. The number of hydrogen-bond donors (Lipinski definition) is 1. The number of alkyl halides is 3. The van der Waals surface area contributed by atoms with E-state index in [0.29, 0.717) is 0 Å². The number of nitrogens with zero attached hydrogens (tertiary/aromatic N) is 2. The molecule has 8 heteroatoms. The lowest BCUT2D eigenvalue weighted by molar-refractivity contribution is -0.275. The van der Waals surface area contributed by atoms with E-state index in [9.17, 15) is 18.0 Å². The molecule has 1 rings (SSSR count). The smallest absolute Gasteiger partial charge is 0.481 e. The van der Waals surface area contributed by atoms with E-state index in [0.717, 1.165) is 12.3 Å². The van der Waals surface area contributed by atoms with Gasteiger partial charge in [-0.05, 0) is 0 Å². The number of carbonyl (C=O) groups is 1. The minimum atomic E-state index is -4.96. The van der Waals surface area contributed by atoms with Gasteiger partial charge in [0.15, 0.2) is 0 Å².